The van der Waals surface area contributed by atoms with Gasteiger partial charge in [-0.15, -0.1) is 0 Å². The van der Waals surface area contributed by atoms with Gasteiger partial charge in [-0.3, -0.25) is 13.9 Å². The molecular weight excluding hydrogens is 717 g/mol. The van der Waals surface area contributed by atoms with E-state index in [9.17, 15) is 18.0 Å². The molecule has 0 spiro atoms. The summed E-state index contributed by atoms with van der Waals surface area (Å²) in [6, 6.07) is 35.4. The van der Waals surface area contributed by atoms with Crippen LogP contribution in [0, 0.1) is 6.92 Å². The van der Waals surface area contributed by atoms with Crippen molar-refractivity contribution in [2.75, 3.05) is 17.4 Å². The predicted molar refractivity (Wildman–Crippen MR) is 208 cm³/mol. The zero-order valence-corrected chi connectivity index (χ0v) is 31.4. The molecule has 5 aromatic carbocycles. The summed E-state index contributed by atoms with van der Waals surface area (Å²) in [4.78, 5) is 30.2. The number of anilines is 1. The molecule has 2 amide bonds. The van der Waals surface area contributed by atoms with E-state index in [0.717, 1.165) is 28.3 Å². The van der Waals surface area contributed by atoms with Crippen molar-refractivity contribution in [2.24, 2.45) is 0 Å². The van der Waals surface area contributed by atoms with Crippen LogP contribution >= 0.6 is 23.2 Å². The Labute approximate surface area is 316 Å². The van der Waals surface area contributed by atoms with Crippen LogP contribution in [-0.2, 0) is 32.6 Å². The lowest BCUT2D eigenvalue weighted by Gasteiger charge is -2.34. The molecule has 0 aliphatic carbocycles. The largest absolute Gasteiger partial charge is 0.457 e. The van der Waals surface area contributed by atoms with Gasteiger partial charge < -0.3 is 15.0 Å². The van der Waals surface area contributed by atoms with E-state index >= 15 is 0 Å². The van der Waals surface area contributed by atoms with Crippen molar-refractivity contribution in [3.8, 4) is 11.5 Å². The third kappa shape index (κ3) is 9.94. The Morgan fingerprint density at radius 1 is 0.769 bits per heavy atom. The highest BCUT2D eigenvalue weighted by atomic mass is 35.5. The van der Waals surface area contributed by atoms with Gasteiger partial charge in [0.25, 0.3) is 10.0 Å². The van der Waals surface area contributed by atoms with Crippen molar-refractivity contribution < 1.29 is 22.7 Å². The number of para-hydroxylation sites is 1. The van der Waals surface area contributed by atoms with E-state index in [1.54, 1.807) is 54.6 Å². The molecule has 270 valence electrons. The molecular formula is C41H41Cl2N3O5S. The van der Waals surface area contributed by atoms with Gasteiger partial charge in [0, 0.05) is 35.1 Å². The van der Waals surface area contributed by atoms with Crippen molar-refractivity contribution in [3.63, 3.8) is 0 Å². The summed E-state index contributed by atoms with van der Waals surface area (Å²) >= 11 is 13.2. The van der Waals surface area contributed by atoms with E-state index in [1.807, 2.05) is 74.5 Å². The van der Waals surface area contributed by atoms with Gasteiger partial charge >= 0.3 is 0 Å². The number of aryl methyl sites for hydroxylation is 1. The Hall–Kier alpha value is -4.83. The third-order valence-electron chi connectivity index (χ3n) is 8.48. The molecule has 0 saturated carbocycles. The van der Waals surface area contributed by atoms with E-state index in [0.29, 0.717) is 33.7 Å². The van der Waals surface area contributed by atoms with E-state index in [4.69, 9.17) is 27.9 Å². The van der Waals surface area contributed by atoms with Crippen LogP contribution in [0.4, 0.5) is 5.69 Å². The van der Waals surface area contributed by atoms with Gasteiger partial charge in [-0.1, -0.05) is 109 Å². The van der Waals surface area contributed by atoms with E-state index < -0.39 is 28.5 Å². The number of unbranched alkanes of at least 4 members (excludes halogenated alkanes) is 1. The number of nitrogens with zero attached hydrogens (tertiary/aromatic N) is 2. The molecule has 0 unspecified atom stereocenters. The zero-order chi connectivity index (χ0) is 37.1. The van der Waals surface area contributed by atoms with Crippen LogP contribution in [0.25, 0.3) is 0 Å². The summed E-state index contributed by atoms with van der Waals surface area (Å²) < 4.78 is 35.8. The van der Waals surface area contributed by atoms with E-state index in [1.165, 1.54) is 17.0 Å². The Bertz CT molecular complexity index is 2030. The van der Waals surface area contributed by atoms with Gasteiger partial charge in [0.1, 0.15) is 24.1 Å². The van der Waals surface area contributed by atoms with Crippen molar-refractivity contribution in [1.82, 2.24) is 10.2 Å². The Kier molecular flexibility index (Phi) is 13.4. The molecule has 0 aliphatic heterocycles. The summed E-state index contributed by atoms with van der Waals surface area (Å²) in [5, 5.41) is 3.61. The average molecular weight is 759 g/mol. The van der Waals surface area contributed by atoms with Crippen LogP contribution in [0.2, 0.25) is 10.0 Å². The number of sulfonamides is 1. The molecule has 0 radical (unpaired) electrons. The lowest BCUT2D eigenvalue weighted by atomic mass is 10.0. The summed E-state index contributed by atoms with van der Waals surface area (Å²) in [5.74, 6) is 0.104. The van der Waals surface area contributed by atoms with Crippen LogP contribution in [-0.4, -0.2) is 44.3 Å². The molecule has 0 aliphatic rings. The minimum Gasteiger partial charge on any atom is -0.457 e. The summed E-state index contributed by atoms with van der Waals surface area (Å²) in [5.41, 5.74) is 2.37. The average Bonchev–Trinajstić information content (AvgIpc) is 3.14. The van der Waals surface area contributed by atoms with Crippen LogP contribution < -0.4 is 14.4 Å². The number of carbonyl (C=O) groups is 2. The highest BCUT2D eigenvalue weighted by Gasteiger charge is 2.35. The fourth-order valence-electron chi connectivity index (χ4n) is 5.59. The highest BCUT2D eigenvalue weighted by molar-refractivity contribution is 7.92. The highest BCUT2D eigenvalue weighted by Crippen LogP contribution is 2.31. The Balaban J connectivity index is 1.57. The van der Waals surface area contributed by atoms with Gasteiger partial charge in [-0.2, -0.15) is 0 Å². The second-order valence-electron chi connectivity index (χ2n) is 12.3. The number of carbonyl (C=O) groups excluding carboxylic acids is 2. The van der Waals surface area contributed by atoms with Crippen LogP contribution in [0.3, 0.4) is 0 Å². The van der Waals surface area contributed by atoms with Gasteiger partial charge in [-0.25, -0.2) is 8.42 Å². The van der Waals surface area contributed by atoms with Gasteiger partial charge in [0.05, 0.1) is 10.6 Å². The molecule has 0 fully saturated rings. The Morgan fingerprint density at radius 2 is 1.37 bits per heavy atom. The minimum atomic E-state index is -4.29. The fourth-order valence-corrected chi connectivity index (χ4v) is 7.52. The van der Waals surface area contributed by atoms with E-state index in [2.05, 4.69) is 5.32 Å². The lowest BCUT2D eigenvalue weighted by molar-refractivity contribution is -0.140. The first-order chi connectivity index (χ1) is 25.1. The van der Waals surface area contributed by atoms with Crippen LogP contribution in [0.15, 0.2) is 132 Å². The molecule has 1 N–H and O–H groups in total. The number of amides is 2. The van der Waals surface area contributed by atoms with Crippen LogP contribution in [0.1, 0.15) is 36.5 Å². The SMILES string of the molecule is CCCCNC(=O)[C@H](Cc1ccccc1)N(Cc1c(Cl)cccc1Cl)C(=O)CN(c1ccc(Oc2ccccc2)cc1)S(=O)(=O)c1ccc(C)cc1. The maximum atomic E-state index is 14.8. The predicted octanol–water partition coefficient (Wildman–Crippen LogP) is 8.85. The zero-order valence-electron chi connectivity index (χ0n) is 29.0. The molecule has 0 saturated heterocycles. The Morgan fingerprint density at radius 3 is 1.98 bits per heavy atom. The maximum Gasteiger partial charge on any atom is 0.264 e. The van der Waals surface area contributed by atoms with Gasteiger partial charge in [-0.05, 0) is 79.6 Å². The first-order valence-corrected chi connectivity index (χ1v) is 19.2. The summed E-state index contributed by atoms with van der Waals surface area (Å²) in [6.07, 6.45) is 1.78. The molecule has 5 aromatic rings. The molecule has 0 bridgehead atoms. The van der Waals surface area contributed by atoms with Crippen LogP contribution in [0.5, 0.6) is 11.5 Å². The van der Waals surface area contributed by atoms with Crippen molar-refractivity contribution >= 4 is 50.7 Å². The molecule has 52 heavy (non-hydrogen) atoms. The van der Waals surface area contributed by atoms with Gasteiger partial charge in [0.2, 0.25) is 11.8 Å². The number of hydrogen-bond donors (Lipinski definition) is 1. The van der Waals surface area contributed by atoms with Gasteiger partial charge in [0.15, 0.2) is 0 Å². The number of benzene rings is 5. The number of nitrogens with one attached hydrogen (secondary N) is 1. The quantitative estimate of drug-likeness (QED) is 0.102. The fraction of sp³-hybridized carbons (Fsp3) is 0.220. The number of rotatable bonds is 16. The smallest absolute Gasteiger partial charge is 0.264 e. The summed E-state index contributed by atoms with van der Waals surface area (Å²) in [7, 11) is -4.29. The number of halogens is 2. The topological polar surface area (TPSA) is 96.0 Å². The van der Waals surface area contributed by atoms with Crippen molar-refractivity contribution in [3.05, 3.63) is 154 Å². The van der Waals surface area contributed by atoms with Crippen molar-refractivity contribution in [1.29, 1.82) is 0 Å². The summed E-state index contributed by atoms with van der Waals surface area (Å²) in [6.45, 7) is 3.54. The second-order valence-corrected chi connectivity index (χ2v) is 15.0. The standard InChI is InChI=1S/C41H41Cl2N3O5S/c1-3-4-26-44-41(48)39(27-31-12-7-5-8-13-31)45(28-36-37(42)16-11-17-38(36)43)40(47)29-46(52(49,50)35-24-18-30(2)19-25-35)32-20-22-34(23-21-32)51-33-14-9-6-10-15-33/h5-25,39H,3-4,26-29H2,1-2H3,(H,44,48)/t39-/m0/s1. The molecule has 1 atom stereocenters. The third-order valence-corrected chi connectivity index (χ3v) is 11.0. The van der Waals surface area contributed by atoms with E-state index in [-0.39, 0.29) is 29.5 Å². The maximum absolute atomic E-state index is 14.8. The monoisotopic (exact) mass is 757 g/mol. The number of ether oxygens (including phenoxy) is 1. The minimum absolute atomic E-state index is 0.00866. The second kappa shape index (κ2) is 18.1. The lowest BCUT2D eigenvalue weighted by Crippen LogP contribution is -2.53. The first-order valence-electron chi connectivity index (χ1n) is 17.0. The molecule has 5 rings (SSSR count). The number of hydrogen-bond acceptors (Lipinski definition) is 5. The molecule has 0 aromatic heterocycles. The normalized spacial score (nSPS) is 11.8. The van der Waals surface area contributed by atoms with Crippen molar-refractivity contribution in [2.45, 2.75) is 50.6 Å². The molecule has 11 heteroatoms. The molecule has 0 heterocycles. The molecule has 8 nitrogen and oxygen atoms in total. The first kappa shape index (κ1) is 38.4.